The van der Waals surface area contributed by atoms with Crippen LogP contribution in [0.5, 0.6) is 0 Å². The van der Waals surface area contributed by atoms with Crippen molar-refractivity contribution in [3.05, 3.63) is 0 Å². The maximum absolute atomic E-state index is 5.64. The monoisotopic (exact) mass is 278 g/mol. The molecule has 18 heavy (non-hydrogen) atoms. The summed E-state index contributed by atoms with van der Waals surface area (Å²) < 4.78 is 16.2. The third-order valence-electron chi connectivity index (χ3n) is 3.42. The van der Waals surface area contributed by atoms with Crippen LogP contribution in [-0.2, 0) is 13.3 Å². The van der Waals surface area contributed by atoms with E-state index in [1.807, 2.05) is 0 Å². The molecule has 0 radical (unpaired) electrons. The number of nitrogens with two attached hydrogens (primary N) is 2. The Bertz CT molecular complexity index is 184. The third-order valence-corrected chi connectivity index (χ3v) is 6.25. The van der Waals surface area contributed by atoms with Crippen LogP contribution in [-0.4, -0.2) is 43.2 Å². The van der Waals surface area contributed by atoms with Crippen molar-refractivity contribution in [1.82, 2.24) is 0 Å². The average Bonchev–Trinajstić information content (AvgIpc) is 2.41. The minimum absolute atomic E-state index is 0.663. The van der Waals surface area contributed by atoms with Crippen LogP contribution in [0.25, 0.3) is 0 Å². The topological polar surface area (TPSA) is 79.7 Å². The highest BCUT2D eigenvalue weighted by atomic mass is 28.4. The van der Waals surface area contributed by atoms with Gasteiger partial charge in [0.05, 0.1) is 0 Å². The second kappa shape index (κ2) is 10.9. The maximum atomic E-state index is 5.64. The fraction of sp³-hybridized carbons (Fsp3) is 1.00. The van der Waals surface area contributed by atoms with Crippen LogP contribution in [0.15, 0.2) is 0 Å². The molecule has 6 heteroatoms. The first-order valence-corrected chi connectivity index (χ1v) is 8.66. The predicted molar refractivity (Wildman–Crippen MR) is 76.3 cm³/mol. The van der Waals surface area contributed by atoms with Crippen LogP contribution in [0, 0.1) is 5.92 Å². The molecule has 0 saturated heterocycles. The molecule has 1 unspecified atom stereocenters. The van der Waals surface area contributed by atoms with Crippen molar-refractivity contribution in [3.8, 4) is 0 Å². The lowest BCUT2D eigenvalue weighted by Crippen LogP contribution is -2.42. The van der Waals surface area contributed by atoms with Gasteiger partial charge in [-0.25, -0.2) is 0 Å². The summed E-state index contributed by atoms with van der Waals surface area (Å²) in [7, 11) is 2.58. The van der Waals surface area contributed by atoms with Gasteiger partial charge in [0.15, 0.2) is 0 Å². The minimum Gasteiger partial charge on any atom is -0.377 e. The lowest BCUT2D eigenvalue weighted by molar-refractivity contribution is 0.122. The van der Waals surface area contributed by atoms with E-state index in [1.54, 1.807) is 21.3 Å². The fourth-order valence-corrected chi connectivity index (χ4v) is 3.99. The molecule has 1 atom stereocenters. The van der Waals surface area contributed by atoms with Crippen LogP contribution in [0.1, 0.15) is 32.1 Å². The van der Waals surface area contributed by atoms with Crippen LogP contribution >= 0.6 is 0 Å². The molecule has 0 rings (SSSR count). The molecule has 0 aliphatic carbocycles. The Hall–Kier alpha value is 0.0169. The Labute approximate surface area is 113 Å². The van der Waals surface area contributed by atoms with Crippen LogP contribution < -0.4 is 11.5 Å². The number of hydrogen-bond donors (Lipinski definition) is 2. The van der Waals surface area contributed by atoms with E-state index in [2.05, 4.69) is 0 Å². The lowest BCUT2D eigenvalue weighted by atomic mass is 9.94. The third kappa shape index (κ3) is 6.82. The summed E-state index contributed by atoms with van der Waals surface area (Å²) in [5.41, 5.74) is 11.2. The van der Waals surface area contributed by atoms with Crippen molar-refractivity contribution in [1.29, 1.82) is 0 Å². The molecule has 0 heterocycles. The first-order chi connectivity index (χ1) is 8.67. The van der Waals surface area contributed by atoms with Gasteiger partial charge < -0.3 is 24.7 Å². The van der Waals surface area contributed by atoms with Gasteiger partial charge in [0.2, 0.25) is 0 Å². The lowest BCUT2D eigenvalue weighted by Gasteiger charge is -2.25. The largest absolute Gasteiger partial charge is 0.500 e. The second-order valence-corrected chi connectivity index (χ2v) is 7.65. The zero-order chi connectivity index (χ0) is 13.9. The molecule has 0 bridgehead atoms. The molecule has 0 fully saturated rings. The van der Waals surface area contributed by atoms with Gasteiger partial charge in [-0.05, 0) is 44.7 Å². The van der Waals surface area contributed by atoms with Gasteiger partial charge in [-0.2, -0.15) is 0 Å². The zero-order valence-electron chi connectivity index (χ0n) is 12.1. The summed E-state index contributed by atoms with van der Waals surface area (Å²) >= 11 is 0. The van der Waals surface area contributed by atoms with Crippen molar-refractivity contribution in [3.63, 3.8) is 0 Å². The molecule has 0 aromatic rings. The molecule has 0 aliphatic rings. The average molecular weight is 278 g/mol. The number of rotatable bonds is 12. The molecular formula is C12H30N2O3Si. The smallest absolute Gasteiger partial charge is 0.377 e. The van der Waals surface area contributed by atoms with E-state index < -0.39 is 8.80 Å². The van der Waals surface area contributed by atoms with Gasteiger partial charge >= 0.3 is 8.80 Å². The van der Waals surface area contributed by atoms with Crippen molar-refractivity contribution in [2.75, 3.05) is 34.4 Å². The van der Waals surface area contributed by atoms with E-state index in [0.29, 0.717) is 5.92 Å². The summed E-state index contributed by atoms with van der Waals surface area (Å²) in [4.78, 5) is 0. The van der Waals surface area contributed by atoms with Gasteiger partial charge in [0, 0.05) is 27.4 Å². The molecule has 0 aromatic heterocycles. The molecular weight excluding hydrogens is 248 g/mol. The summed E-state index contributed by atoms with van der Waals surface area (Å²) in [6.07, 6.45) is 5.50. The second-order valence-electron chi connectivity index (χ2n) is 4.56. The number of hydrogen-bond acceptors (Lipinski definition) is 5. The molecule has 0 spiro atoms. The molecule has 0 aromatic carbocycles. The van der Waals surface area contributed by atoms with Gasteiger partial charge in [-0.3, -0.25) is 0 Å². The highest BCUT2D eigenvalue weighted by Gasteiger charge is 2.36. The van der Waals surface area contributed by atoms with E-state index in [0.717, 1.165) is 51.2 Å². The van der Waals surface area contributed by atoms with E-state index in [-0.39, 0.29) is 0 Å². The van der Waals surface area contributed by atoms with E-state index in [9.17, 15) is 0 Å². The van der Waals surface area contributed by atoms with Gasteiger partial charge in [-0.15, -0.1) is 0 Å². The van der Waals surface area contributed by atoms with Crippen molar-refractivity contribution >= 4 is 8.80 Å². The van der Waals surface area contributed by atoms with E-state index in [1.165, 1.54) is 0 Å². The molecule has 0 amide bonds. The summed E-state index contributed by atoms with van der Waals surface area (Å²) in [5.74, 6) is 0.663. The van der Waals surface area contributed by atoms with Crippen molar-refractivity contribution in [2.45, 2.75) is 38.1 Å². The Morgan fingerprint density at radius 1 is 0.833 bits per heavy atom. The Morgan fingerprint density at radius 3 is 1.83 bits per heavy atom. The van der Waals surface area contributed by atoms with Crippen molar-refractivity contribution in [2.24, 2.45) is 17.4 Å². The summed E-state index contributed by atoms with van der Waals surface area (Å²) in [5, 5.41) is 0. The predicted octanol–water partition coefficient (Wildman–Crippen LogP) is 1.35. The summed E-state index contributed by atoms with van der Waals surface area (Å²) in [6.45, 7) is 1.50. The van der Waals surface area contributed by atoms with Gasteiger partial charge in [0.25, 0.3) is 0 Å². The zero-order valence-corrected chi connectivity index (χ0v) is 13.1. The van der Waals surface area contributed by atoms with Crippen LogP contribution in [0.4, 0.5) is 0 Å². The highest BCUT2D eigenvalue weighted by Crippen LogP contribution is 2.22. The highest BCUT2D eigenvalue weighted by molar-refractivity contribution is 6.60. The van der Waals surface area contributed by atoms with Gasteiger partial charge in [-0.1, -0.05) is 6.42 Å². The first kappa shape index (κ1) is 18.0. The quantitative estimate of drug-likeness (QED) is 0.527. The first-order valence-electron chi connectivity index (χ1n) is 6.73. The molecule has 4 N–H and O–H groups in total. The summed E-state index contributed by atoms with van der Waals surface area (Å²) in [6, 6.07) is 0.861. The Balaban J connectivity index is 4.02. The maximum Gasteiger partial charge on any atom is 0.500 e. The normalized spacial score (nSPS) is 13.8. The van der Waals surface area contributed by atoms with E-state index >= 15 is 0 Å². The molecule has 5 nitrogen and oxygen atoms in total. The Kier molecular flexibility index (Phi) is 10.9. The van der Waals surface area contributed by atoms with Gasteiger partial charge in [0.1, 0.15) is 0 Å². The minimum atomic E-state index is -2.39. The fourth-order valence-electron chi connectivity index (χ4n) is 2.24. The van der Waals surface area contributed by atoms with Crippen LogP contribution in [0.3, 0.4) is 0 Å². The molecule has 0 saturated carbocycles. The standard InChI is InChI=1S/C12H30N2O3Si/c1-15-18(16-2,17-3)11-5-7-12(8-10-14)6-4-9-13/h12H,4-11,13-14H2,1-3H3. The molecule has 0 aliphatic heterocycles. The Morgan fingerprint density at radius 2 is 1.39 bits per heavy atom. The van der Waals surface area contributed by atoms with Crippen LogP contribution in [0.2, 0.25) is 6.04 Å². The SMILES string of the molecule is CO[Si](CCCC(CCN)CCCN)(OC)OC. The van der Waals surface area contributed by atoms with Crippen molar-refractivity contribution < 1.29 is 13.3 Å². The molecule has 110 valence electrons. The van der Waals surface area contributed by atoms with E-state index in [4.69, 9.17) is 24.7 Å².